The van der Waals surface area contributed by atoms with E-state index in [1.165, 1.54) is 6.42 Å². The number of rotatable bonds is 3. The van der Waals surface area contributed by atoms with E-state index in [0.29, 0.717) is 6.04 Å². The number of likely N-dealkylation sites (tertiary alicyclic amines) is 1. The van der Waals surface area contributed by atoms with Crippen LogP contribution in [0.2, 0.25) is 0 Å². The van der Waals surface area contributed by atoms with Gasteiger partial charge in [-0.25, -0.2) is 0 Å². The second-order valence-corrected chi connectivity index (χ2v) is 5.38. The molecule has 0 amide bonds. The van der Waals surface area contributed by atoms with Gasteiger partial charge in [-0.3, -0.25) is 9.69 Å². The minimum Gasteiger partial charge on any atom is -0.481 e. The number of aliphatic carboxylic acids is 1. The number of carboxylic acids is 1. The van der Waals surface area contributed by atoms with Crippen molar-refractivity contribution in [2.75, 3.05) is 13.1 Å². The van der Waals surface area contributed by atoms with E-state index in [4.69, 9.17) is 5.11 Å². The summed E-state index contributed by atoms with van der Waals surface area (Å²) in [6.45, 7) is 6.76. The van der Waals surface area contributed by atoms with E-state index < -0.39 is 5.97 Å². The zero-order chi connectivity index (χ0) is 11.0. The molecule has 3 atom stereocenters. The van der Waals surface area contributed by atoms with Crippen LogP contribution in [0.15, 0.2) is 0 Å². The van der Waals surface area contributed by atoms with Crippen LogP contribution in [-0.4, -0.2) is 35.1 Å². The molecule has 3 nitrogen and oxygen atoms in total. The number of hydrogen-bond donors (Lipinski definition) is 1. The molecule has 1 saturated heterocycles. The van der Waals surface area contributed by atoms with Crippen LogP contribution in [0, 0.1) is 17.8 Å². The molecule has 0 aromatic carbocycles. The Hall–Kier alpha value is -0.570. The van der Waals surface area contributed by atoms with Gasteiger partial charge in [-0.2, -0.15) is 0 Å². The van der Waals surface area contributed by atoms with Crippen LogP contribution >= 0.6 is 0 Å². The molecule has 0 radical (unpaired) electrons. The van der Waals surface area contributed by atoms with E-state index in [-0.39, 0.29) is 5.92 Å². The van der Waals surface area contributed by atoms with Gasteiger partial charge in [0.05, 0.1) is 5.92 Å². The third kappa shape index (κ3) is 2.03. The minimum atomic E-state index is -0.598. The summed E-state index contributed by atoms with van der Waals surface area (Å²) in [7, 11) is 0. The Morgan fingerprint density at radius 3 is 2.47 bits per heavy atom. The lowest BCUT2D eigenvalue weighted by Gasteiger charge is -2.40. The Morgan fingerprint density at radius 2 is 2.07 bits per heavy atom. The molecule has 1 N–H and O–H groups in total. The van der Waals surface area contributed by atoms with E-state index in [0.717, 1.165) is 37.8 Å². The van der Waals surface area contributed by atoms with Gasteiger partial charge in [0.2, 0.25) is 0 Å². The molecule has 3 heteroatoms. The van der Waals surface area contributed by atoms with Crippen molar-refractivity contribution in [2.45, 2.75) is 39.2 Å². The SMILES string of the molecule is CC(C)C1CCN(C2CCC2C(=O)O)C1. The standard InChI is InChI=1S/C12H21NO2/c1-8(2)9-5-6-13(7-9)11-4-3-10(11)12(14)15/h8-11H,3-7H2,1-2H3,(H,14,15). The average Bonchev–Trinajstić information content (AvgIpc) is 2.49. The lowest BCUT2D eigenvalue weighted by molar-refractivity contribution is -0.148. The summed E-state index contributed by atoms with van der Waals surface area (Å²) >= 11 is 0. The fourth-order valence-electron chi connectivity index (χ4n) is 2.87. The molecule has 3 unspecified atom stereocenters. The quantitative estimate of drug-likeness (QED) is 0.774. The van der Waals surface area contributed by atoms with Gasteiger partial charge in [0.25, 0.3) is 0 Å². The molecule has 1 heterocycles. The monoisotopic (exact) mass is 211 g/mol. The van der Waals surface area contributed by atoms with Gasteiger partial charge in [0.1, 0.15) is 0 Å². The van der Waals surface area contributed by atoms with E-state index in [1.807, 2.05) is 0 Å². The van der Waals surface area contributed by atoms with Gasteiger partial charge in [-0.05, 0) is 37.6 Å². The molecular formula is C12H21NO2. The summed E-state index contributed by atoms with van der Waals surface area (Å²) in [5.41, 5.74) is 0. The van der Waals surface area contributed by atoms with Gasteiger partial charge in [-0.15, -0.1) is 0 Å². The summed E-state index contributed by atoms with van der Waals surface area (Å²) in [5, 5.41) is 9.01. The summed E-state index contributed by atoms with van der Waals surface area (Å²) in [6.07, 6.45) is 3.21. The highest BCUT2D eigenvalue weighted by molar-refractivity contribution is 5.72. The number of hydrogen-bond acceptors (Lipinski definition) is 2. The lowest BCUT2D eigenvalue weighted by Crippen LogP contribution is -2.49. The second-order valence-electron chi connectivity index (χ2n) is 5.38. The summed E-state index contributed by atoms with van der Waals surface area (Å²) in [6, 6.07) is 0.339. The minimum absolute atomic E-state index is 0.0871. The van der Waals surface area contributed by atoms with Gasteiger partial charge in [0, 0.05) is 12.6 Å². The van der Waals surface area contributed by atoms with Gasteiger partial charge < -0.3 is 5.11 Å². The van der Waals surface area contributed by atoms with E-state index in [1.54, 1.807) is 0 Å². The third-order valence-corrected chi connectivity index (χ3v) is 4.22. The van der Waals surface area contributed by atoms with Crippen molar-refractivity contribution < 1.29 is 9.90 Å². The first kappa shape index (κ1) is 10.9. The average molecular weight is 211 g/mol. The van der Waals surface area contributed by atoms with Crippen molar-refractivity contribution >= 4 is 5.97 Å². The fraction of sp³-hybridized carbons (Fsp3) is 0.917. The summed E-state index contributed by atoms with van der Waals surface area (Å²) in [5.74, 6) is 0.827. The van der Waals surface area contributed by atoms with Crippen LogP contribution in [0.25, 0.3) is 0 Å². The maximum Gasteiger partial charge on any atom is 0.308 e. The zero-order valence-electron chi connectivity index (χ0n) is 9.65. The molecule has 1 aliphatic carbocycles. The highest BCUT2D eigenvalue weighted by Gasteiger charge is 2.42. The highest BCUT2D eigenvalue weighted by atomic mass is 16.4. The number of nitrogens with zero attached hydrogens (tertiary/aromatic N) is 1. The summed E-state index contributed by atoms with van der Waals surface area (Å²) < 4.78 is 0. The van der Waals surface area contributed by atoms with Crippen molar-refractivity contribution in [3.63, 3.8) is 0 Å². The van der Waals surface area contributed by atoms with E-state index in [2.05, 4.69) is 18.7 Å². The highest BCUT2D eigenvalue weighted by Crippen LogP contribution is 2.36. The molecule has 1 saturated carbocycles. The Bertz CT molecular complexity index is 252. The molecular weight excluding hydrogens is 190 g/mol. The lowest BCUT2D eigenvalue weighted by atomic mass is 9.78. The van der Waals surface area contributed by atoms with Crippen LogP contribution in [-0.2, 0) is 4.79 Å². The molecule has 0 bridgehead atoms. The molecule has 0 aromatic rings. The van der Waals surface area contributed by atoms with Gasteiger partial charge in [0.15, 0.2) is 0 Å². The Balaban J connectivity index is 1.88. The third-order valence-electron chi connectivity index (χ3n) is 4.22. The van der Waals surface area contributed by atoms with Crippen LogP contribution < -0.4 is 0 Å². The predicted octanol–water partition coefficient (Wildman–Crippen LogP) is 1.83. The molecule has 2 fully saturated rings. The fourth-order valence-corrected chi connectivity index (χ4v) is 2.87. The number of carboxylic acid groups (broad SMARTS) is 1. The molecule has 2 rings (SSSR count). The van der Waals surface area contributed by atoms with Gasteiger partial charge >= 0.3 is 5.97 Å². The predicted molar refractivity (Wildman–Crippen MR) is 58.7 cm³/mol. The van der Waals surface area contributed by atoms with Crippen molar-refractivity contribution in [3.8, 4) is 0 Å². The maximum atomic E-state index is 10.9. The topological polar surface area (TPSA) is 40.5 Å². The Kier molecular flexibility index (Phi) is 3.01. The molecule has 0 spiro atoms. The van der Waals surface area contributed by atoms with Crippen molar-refractivity contribution in [2.24, 2.45) is 17.8 Å². The van der Waals surface area contributed by atoms with Crippen LogP contribution in [0.1, 0.15) is 33.1 Å². The largest absolute Gasteiger partial charge is 0.481 e. The first-order chi connectivity index (χ1) is 7.09. The first-order valence-electron chi connectivity index (χ1n) is 6.06. The first-order valence-corrected chi connectivity index (χ1v) is 6.06. The Labute approximate surface area is 91.5 Å². The summed E-state index contributed by atoms with van der Waals surface area (Å²) in [4.78, 5) is 13.3. The maximum absolute atomic E-state index is 10.9. The van der Waals surface area contributed by atoms with E-state index in [9.17, 15) is 4.79 Å². The van der Waals surface area contributed by atoms with Crippen LogP contribution in [0.4, 0.5) is 0 Å². The van der Waals surface area contributed by atoms with Crippen molar-refractivity contribution in [3.05, 3.63) is 0 Å². The van der Waals surface area contributed by atoms with Crippen molar-refractivity contribution in [1.29, 1.82) is 0 Å². The van der Waals surface area contributed by atoms with E-state index >= 15 is 0 Å². The van der Waals surface area contributed by atoms with Crippen LogP contribution in [0.3, 0.4) is 0 Å². The second kappa shape index (κ2) is 4.12. The van der Waals surface area contributed by atoms with Crippen molar-refractivity contribution in [1.82, 2.24) is 4.90 Å². The normalized spacial score (nSPS) is 36.9. The molecule has 15 heavy (non-hydrogen) atoms. The molecule has 1 aliphatic heterocycles. The molecule has 2 aliphatic rings. The van der Waals surface area contributed by atoms with Gasteiger partial charge in [-0.1, -0.05) is 13.8 Å². The molecule has 0 aromatic heterocycles. The Morgan fingerprint density at radius 1 is 1.33 bits per heavy atom. The number of carbonyl (C=O) groups is 1. The smallest absolute Gasteiger partial charge is 0.308 e. The van der Waals surface area contributed by atoms with Crippen LogP contribution in [0.5, 0.6) is 0 Å². The molecule has 86 valence electrons. The zero-order valence-corrected chi connectivity index (χ0v) is 9.65.